The van der Waals surface area contributed by atoms with Gasteiger partial charge in [-0.2, -0.15) is 26.7 Å². The number of aromatic nitrogens is 2. The third kappa shape index (κ3) is 2.77. The molecule has 2 heterocycles. The Hall–Kier alpha value is -2.30. The molecule has 0 unspecified atom stereocenters. The van der Waals surface area contributed by atoms with Gasteiger partial charge in [-0.1, -0.05) is 0 Å². The topological polar surface area (TPSA) is 87.0 Å². The Morgan fingerprint density at radius 2 is 2.05 bits per heavy atom. The van der Waals surface area contributed by atoms with E-state index in [1.807, 2.05) is 0 Å². The number of ether oxygens (including phenoxy) is 1. The summed E-state index contributed by atoms with van der Waals surface area (Å²) in [5.41, 5.74) is -5.87. The average Bonchev–Trinajstić information content (AvgIpc) is 2.84. The molecule has 2 aromatic rings. The Morgan fingerprint density at radius 1 is 1.38 bits per heavy atom. The molecule has 0 aliphatic heterocycles. The fraction of sp³-hybridized carbons (Fsp3) is 0.200. The van der Waals surface area contributed by atoms with E-state index in [1.165, 1.54) is 12.3 Å². The number of esters is 1. The second kappa shape index (κ2) is 4.91. The van der Waals surface area contributed by atoms with Crippen LogP contribution < -0.4 is 4.18 Å². The predicted octanol–water partition coefficient (Wildman–Crippen LogP) is 1.35. The highest BCUT2D eigenvalue weighted by Crippen LogP contribution is 2.30. The maximum Gasteiger partial charge on any atom is 0.534 e. The van der Waals surface area contributed by atoms with Gasteiger partial charge in [-0.25, -0.2) is 9.31 Å². The van der Waals surface area contributed by atoms with Crippen molar-refractivity contribution >= 4 is 21.6 Å². The van der Waals surface area contributed by atoms with Crippen LogP contribution in [0.5, 0.6) is 5.75 Å². The molecule has 2 rings (SSSR count). The first-order valence-corrected chi connectivity index (χ1v) is 6.63. The Kier molecular flexibility index (Phi) is 3.53. The number of methoxy groups -OCH3 is 1. The second-order valence-corrected chi connectivity index (χ2v) is 5.27. The number of fused-ring (bicyclic) bond motifs is 1. The third-order valence-electron chi connectivity index (χ3n) is 2.37. The number of rotatable bonds is 3. The van der Waals surface area contributed by atoms with E-state index in [0.29, 0.717) is 0 Å². The van der Waals surface area contributed by atoms with Crippen molar-refractivity contribution < 1.29 is 35.3 Å². The molecule has 0 aromatic carbocycles. The maximum absolute atomic E-state index is 12.3. The number of hydrogen-bond donors (Lipinski definition) is 0. The van der Waals surface area contributed by atoms with Crippen LogP contribution in [0.4, 0.5) is 13.2 Å². The van der Waals surface area contributed by atoms with E-state index in [1.54, 1.807) is 0 Å². The van der Waals surface area contributed by atoms with E-state index < -0.39 is 27.3 Å². The number of nitrogens with zero attached hydrogens (tertiary/aromatic N) is 2. The highest BCUT2D eigenvalue weighted by molar-refractivity contribution is 7.88. The molecule has 0 saturated carbocycles. The van der Waals surface area contributed by atoms with Gasteiger partial charge in [0.25, 0.3) is 0 Å². The highest BCUT2D eigenvalue weighted by Gasteiger charge is 2.48. The molecule has 0 N–H and O–H groups in total. The molecule has 21 heavy (non-hydrogen) atoms. The fourth-order valence-electron chi connectivity index (χ4n) is 1.46. The Balaban J connectivity index is 2.58. The smallest absolute Gasteiger partial charge is 0.465 e. The van der Waals surface area contributed by atoms with Crippen LogP contribution in [0.1, 0.15) is 10.4 Å². The first kappa shape index (κ1) is 15.1. The fourth-order valence-corrected chi connectivity index (χ4v) is 1.92. The van der Waals surface area contributed by atoms with Crippen molar-refractivity contribution in [2.75, 3.05) is 7.11 Å². The molecule has 0 radical (unpaired) electrons. The van der Waals surface area contributed by atoms with Crippen molar-refractivity contribution in [1.82, 2.24) is 9.61 Å². The van der Waals surface area contributed by atoms with Gasteiger partial charge >= 0.3 is 21.6 Å². The van der Waals surface area contributed by atoms with Gasteiger partial charge in [0.05, 0.1) is 18.9 Å². The summed E-state index contributed by atoms with van der Waals surface area (Å²) in [6, 6.07) is 2.05. The molecule has 0 aliphatic carbocycles. The molecule has 2 aromatic heterocycles. The summed E-state index contributed by atoms with van der Waals surface area (Å²) in [4.78, 5) is 11.4. The summed E-state index contributed by atoms with van der Waals surface area (Å²) in [6.45, 7) is 0. The predicted molar refractivity (Wildman–Crippen MR) is 62.1 cm³/mol. The van der Waals surface area contributed by atoms with E-state index in [4.69, 9.17) is 0 Å². The van der Waals surface area contributed by atoms with Gasteiger partial charge in [-0.3, -0.25) is 0 Å². The monoisotopic (exact) mass is 324 g/mol. The lowest BCUT2D eigenvalue weighted by Gasteiger charge is -2.11. The normalized spacial score (nSPS) is 12.4. The molecule has 0 aliphatic rings. The lowest BCUT2D eigenvalue weighted by Crippen LogP contribution is -2.28. The van der Waals surface area contributed by atoms with Gasteiger partial charge in [0.1, 0.15) is 5.52 Å². The Labute approximate surface area is 116 Å². The summed E-state index contributed by atoms with van der Waals surface area (Å²) in [7, 11) is -4.80. The average molecular weight is 324 g/mol. The molecule has 7 nitrogen and oxygen atoms in total. The minimum absolute atomic E-state index is 0.0597. The number of carbonyl (C=O) groups excluding carboxylic acids is 1. The van der Waals surface area contributed by atoms with Crippen molar-refractivity contribution in [3.05, 3.63) is 30.1 Å². The van der Waals surface area contributed by atoms with Crippen molar-refractivity contribution in [2.45, 2.75) is 5.51 Å². The molecular weight excluding hydrogens is 317 g/mol. The maximum atomic E-state index is 12.3. The molecule has 0 atom stereocenters. The first-order chi connectivity index (χ1) is 9.65. The van der Waals surface area contributed by atoms with E-state index in [9.17, 15) is 26.4 Å². The van der Waals surface area contributed by atoms with Gasteiger partial charge < -0.3 is 8.92 Å². The van der Waals surface area contributed by atoms with Gasteiger partial charge in [0, 0.05) is 12.3 Å². The van der Waals surface area contributed by atoms with E-state index >= 15 is 0 Å². The van der Waals surface area contributed by atoms with E-state index in [0.717, 1.165) is 23.9 Å². The standard InChI is InChI=1S/C10H7F3N2O5S/c1-19-9(16)6-4-8(7-2-3-14-15(7)5-6)20-21(17,18)10(11,12)13/h2-5H,1H3. The van der Waals surface area contributed by atoms with Crippen molar-refractivity contribution in [3.8, 4) is 5.75 Å². The number of carbonyl (C=O) groups is 1. The van der Waals surface area contributed by atoms with Gasteiger partial charge in [0.2, 0.25) is 0 Å². The molecule has 114 valence electrons. The summed E-state index contributed by atoms with van der Waals surface area (Å²) in [5, 5.41) is 3.70. The Morgan fingerprint density at radius 3 is 2.62 bits per heavy atom. The van der Waals surface area contributed by atoms with Crippen LogP contribution in [-0.2, 0) is 14.9 Å². The zero-order valence-electron chi connectivity index (χ0n) is 10.3. The Bertz CT molecular complexity index is 797. The largest absolute Gasteiger partial charge is 0.534 e. The zero-order chi connectivity index (χ0) is 15.8. The van der Waals surface area contributed by atoms with Crippen LogP contribution in [0.15, 0.2) is 24.5 Å². The lowest BCUT2D eigenvalue weighted by molar-refractivity contribution is -0.0499. The first-order valence-electron chi connectivity index (χ1n) is 5.22. The second-order valence-electron chi connectivity index (χ2n) is 3.73. The van der Waals surface area contributed by atoms with Crippen LogP contribution in [0.3, 0.4) is 0 Å². The highest BCUT2D eigenvalue weighted by atomic mass is 32.2. The summed E-state index contributed by atoms with van der Waals surface area (Å²) < 4.78 is 68.6. The molecule has 0 fully saturated rings. The summed E-state index contributed by atoms with van der Waals surface area (Å²) in [5.74, 6) is -1.57. The van der Waals surface area contributed by atoms with E-state index in [-0.39, 0.29) is 11.1 Å². The quantitative estimate of drug-likeness (QED) is 0.481. The van der Waals surface area contributed by atoms with Crippen LogP contribution >= 0.6 is 0 Å². The number of pyridine rings is 1. The van der Waals surface area contributed by atoms with E-state index in [2.05, 4.69) is 14.0 Å². The summed E-state index contributed by atoms with van der Waals surface area (Å²) in [6.07, 6.45) is 2.36. The molecule has 0 saturated heterocycles. The summed E-state index contributed by atoms with van der Waals surface area (Å²) >= 11 is 0. The third-order valence-corrected chi connectivity index (χ3v) is 3.34. The molecule has 0 spiro atoms. The van der Waals surface area contributed by atoms with Gasteiger partial charge in [-0.05, 0) is 6.07 Å². The van der Waals surface area contributed by atoms with Crippen LogP contribution in [0, 0.1) is 0 Å². The number of hydrogen-bond acceptors (Lipinski definition) is 6. The van der Waals surface area contributed by atoms with Crippen molar-refractivity contribution in [2.24, 2.45) is 0 Å². The molecular formula is C10H7F3N2O5S. The number of halogens is 3. The van der Waals surface area contributed by atoms with Crippen LogP contribution in [0.2, 0.25) is 0 Å². The minimum Gasteiger partial charge on any atom is -0.465 e. The minimum atomic E-state index is -5.86. The van der Waals surface area contributed by atoms with Crippen molar-refractivity contribution in [1.29, 1.82) is 0 Å². The van der Waals surface area contributed by atoms with Crippen LogP contribution in [-0.4, -0.2) is 36.6 Å². The van der Waals surface area contributed by atoms with Gasteiger partial charge in [0.15, 0.2) is 5.75 Å². The lowest BCUT2D eigenvalue weighted by atomic mass is 10.2. The van der Waals surface area contributed by atoms with Crippen LogP contribution in [0.25, 0.3) is 5.52 Å². The molecule has 11 heteroatoms. The molecule has 0 amide bonds. The van der Waals surface area contributed by atoms with Gasteiger partial charge in [-0.15, -0.1) is 0 Å². The zero-order valence-corrected chi connectivity index (χ0v) is 11.1. The molecule has 0 bridgehead atoms. The SMILES string of the molecule is COC(=O)c1cc(OS(=O)(=O)C(F)(F)F)c2ccnn2c1. The number of alkyl halides is 3. The van der Waals surface area contributed by atoms with Crippen molar-refractivity contribution in [3.63, 3.8) is 0 Å².